The summed E-state index contributed by atoms with van der Waals surface area (Å²) in [7, 11) is 3.12. The molecular formula is C15H14O3. The summed E-state index contributed by atoms with van der Waals surface area (Å²) in [5, 5.41) is 0. The summed E-state index contributed by atoms with van der Waals surface area (Å²) in [6, 6.07) is 14.3. The first-order valence-corrected chi connectivity index (χ1v) is 5.58. The van der Waals surface area contributed by atoms with Gasteiger partial charge in [0.15, 0.2) is 5.78 Å². The van der Waals surface area contributed by atoms with Gasteiger partial charge >= 0.3 is 0 Å². The Morgan fingerprint density at radius 2 is 1.67 bits per heavy atom. The van der Waals surface area contributed by atoms with E-state index in [1.54, 1.807) is 37.4 Å². The Morgan fingerprint density at radius 1 is 0.944 bits per heavy atom. The summed E-state index contributed by atoms with van der Waals surface area (Å²) in [6.07, 6.45) is 0. The van der Waals surface area contributed by atoms with Gasteiger partial charge in [0.1, 0.15) is 11.5 Å². The summed E-state index contributed by atoms with van der Waals surface area (Å²) in [5.74, 6) is 1.12. The third-order valence-corrected chi connectivity index (χ3v) is 2.69. The minimum absolute atomic E-state index is 0.0601. The number of methoxy groups -OCH3 is 2. The molecule has 2 aromatic carbocycles. The van der Waals surface area contributed by atoms with Crippen molar-refractivity contribution >= 4 is 5.78 Å². The SMILES string of the molecule is COc1ccc(C(=O)c2ccccc2)c(OC)c1. The molecule has 0 aliphatic rings. The van der Waals surface area contributed by atoms with Crippen molar-refractivity contribution in [1.82, 2.24) is 0 Å². The zero-order chi connectivity index (χ0) is 13.0. The lowest BCUT2D eigenvalue weighted by molar-refractivity contribution is 0.103. The van der Waals surface area contributed by atoms with E-state index in [1.165, 1.54) is 7.11 Å². The zero-order valence-corrected chi connectivity index (χ0v) is 10.3. The van der Waals surface area contributed by atoms with Gasteiger partial charge in [0.25, 0.3) is 0 Å². The second-order valence-electron chi connectivity index (χ2n) is 3.76. The maximum atomic E-state index is 12.3. The molecule has 3 heteroatoms. The van der Waals surface area contributed by atoms with E-state index in [9.17, 15) is 4.79 Å². The van der Waals surface area contributed by atoms with E-state index in [1.807, 2.05) is 18.2 Å². The fourth-order valence-electron chi connectivity index (χ4n) is 1.73. The summed E-state index contributed by atoms with van der Waals surface area (Å²) >= 11 is 0. The fraction of sp³-hybridized carbons (Fsp3) is 0.133. The van der Waals surface area contributed by atoms with Crippen molar-refractivity contribution in [3.05, 3.63) is 59.7 Å². The van der Waals surface area contributed by atoms with Gasteiger partial charge in [-0.15, -0.1) is 0 Å². The normalized spacial score (nSPS) is 9.89. The molecule has 2 rings (SSSR count). The summed E-state index contributed by atoms with van der Waals surface area (Å²) in [4.78, 5) is 12.3. The highest BCUT2D eigenvalue weighted by molar-refractivity contribution is 6.10. The van der Waals surface area contributed by atoms with E-state index in [2.05, 4.69) is 0 Å². The third-order valence-electron chi connectivity index (χ3n) is 2.69. The molecule has 0 bridgehead atoms. The summed E-state index contributed by atoms with van der Waals surface area (Å²) in [6.45, 7) is 0. The van der Waals surface area contributed by atoms with Crippen molar-refractivity contribution in [3.63, 3.8) is 0 Å². The molecule has 0 atom stereocenters. The predicted octanol–water partition coefficient (Wildman–Crippen LogP) is 2.93. The van der Waals surface area contributed by atoms with Gasteiger partial charge in [-0.25, -0.2) is 0 Å². The molecule has 0 saturated heterocycles. The molecular weight excluding hydrogens is 228 g/mol. The van der Waals surface area contributed by atoms with Crippen LogP contribution in [-0.2, 0) is 0 Å². The van der Waals surface area contributed by atoms with Crippen LogP contribution in [0.1, 0.15) is 15.9 Å². The standard InChI is InChI=1S/C15H14O3/c1-17-12-8-9-13(14(10-12)18-2)15(16)11-6-4-3-5-7-11/h3-10H,1-2H3. The van der Waals surface area contributed by atoms with Crippen molar-refractivity contribution in [2.24, 2.45) is 0 Å². The van der Waals surface area contributed by atoms with E-state index in [-0.39, 0.29) is 5.78 Å². The maximum Gasteiger partial charge on any atom is 0.196 e. The molecule has 3 nitrogen and oxygen atoms in total. The minimum atomic E-state index is -0.0601. The molecule has 0 spiro atoms. The minimum Gasteiger partial charge on any atom is -0.497 e. The first kappa shape index (κ1) is 12.2. The third kappa shape index (κ3) is 2.35. The number of hydrogen-bond donors (Lipinski definition) is 0. The Kier molecular flexibility index (Phi) is 3.63. The summed E-state index contributed by atoms with van der Waals surface area (Å²) < 4.78 is 10.3. The van der Waals surface area contributed by atoms with Crippen LogP contribution in [-0.4, -0.2) is 20.0 Å². The first-order valence-electron chi connectivity index (χ1n) is 5.58. The highest BCUT2D eigenvalue weighted by Gasteiger charge is 2.14. The lowest BCUT2D eigenvalue weighted by Crippen LogP contribution is -2.04. The van der Waals surface area contributed by atoms with E-state index >= 15 is 0 Å². The van der Waals surface area contributed by atoms with Gasteiger partial charge < -0.3 is 9.47 Å². The van der Waals surface area contributed by atoms with E-state index in [4.69, 9.17) is 9.47 Å². The number of benzene rings is 2. The van der Waals surface area contributed by atoms with Crippen LogP contribution in [0.4, 0.5) is 0 Å². The van der Waals surface area contributed by atoms with Gasteiger partial charge in [0, 0.05) is 11.6 Å². The molecule has 0 fully saturated rings. The van der Waals surface area contributed by atoms with Crippen LogP contribution >= 0.6 is 0 Å². The Balaban J connectivity index is 2.42. The molecule has 0 aliphatic carbocycles. The molecule has 92 valence electrons. The van der Waals surface area contributed by atoms with Crippen molar-refractivity contribution < 1.29 is 14.3 Å². The monoisotopic (exact) mass is 242 g/mol. The molecule has 2 aromatic rings. The highest BCUT2D eigenvalue weighted by atomic mass is 16.5. The molecule has 18 heavy (non-hydrogen) atoms. The predicted molar refractivity (Wildman–Crippen MR) is 69.4 cm³/mol. The van der Waals surface area contributed by atoms with Crippen molar-refractivity contribution in [1.29, 1.82) is 0 Å². The molecule has 0 heterocycles. The Bertz CT molecular complexity index is 547. The Morgan fingerprint density at radius 3 is 2.28 bits per heavy atom. The van der Waals surface area contributed by atoms with Gasteiger partial charge in [0.05, 0.1) is 19.8 Å². The molecule has 0 aliphatic heterocycles. The number of carbonyl (C=O) groups excluding carboxylic acids is 1. The average Bonchev–Trinajstić information content (AvgIpc) is 2.46. The summed E-state index contributed by atoms with van der Waals surface area (Å²) in [5.41, 5.74) is 1.17. The number of rotatable bonds is 4. The van der Waals surface area contributed by atoms with Crippen LogP contribution < -0.4 is 9.47 Å². The topological polar surface area (TPSA) is 35.5 Å². The average molecular weight is 242 g/mol. The van der Waals surface area contributed by atoms with Crippen LogP contribution in [0.3, 0.4) is 0 Å². The second kappa shape index (κ2) is 5.36. The van der Waals surface area contributed by atoms with Gasteiger partial charge in [0.2, 0.25) is 0 Å². The molecule has 0 radical (unpaired) electrons. The largest absolute Gasteiger partial charge is 0.497 e. The highest BCUT2D eigenvalue weighted by Crippen LogP contribution is 2.26. The van der Waals surface area contributed by atoms with Crippen LogP contribution in [0.15, 0.2) is 48.5 Å². The van der Waals surface area contributed by atoms with Gasteiger partial charge in [-0.1, -0.05) is 30.3 Å². The quantitative estimate of drug-likeness (QED) is 0.773. The molecule has 0 aromatic heterocycles. The molecule has 0 N–H and O–H groups in total. The van der Waals surface area contributed by atoms with Crippen molar-refractivity contribution in [2.75, 3.05) is 14.2 Å². The van der Waals surface area contributed by atoms with E-state index in [0.29, 0.717) is 22.6 Å². The first-order chi connectivity index (χ1) is 8.76. The number of carbonyl (C=O) groups is 1. The van der Waals surface area contributed by atoms with Gasteiger partial charge in [-0.2, -0.15) is 0 Å². The van der Waals surface area contributed by atoms with Gasteiger partial charge in [-0.3, -0.25) is 4.79 Å². The maximum absolute atomic E-state index is 12.3. The van der Waals surface area contributed by atoms with Gasteiger partial charge in [-0.05, 0) is 12.1 Å². The number of ether oxygens (including phenoxy) is 2. The van der Waals surface area contributed by atoms with Crippen LogP contribution in [0.2, 0.25) is 0 Å². The molecule has 0 saturated carbocycles. The lowest BCUT2D eigenvalue weighted by atomic mass is 10.0. The number of hydrogen-bond acceptors (Lipinski definition) is 3. The van der Waals surface area contributed by atoms with Crippen LogP contribution in [0.5, 0.6) is 11.5 Å². The van der Waals surface area contributed by atoms with E-state index in [0.717, 1.165) is 0 Å². The molecule has 0 amide bonds. The van der Waals surface area contributed by atoms with Crippen molar-refractivity contribution in [2.45, 2.75) is 0 Å². The number of ketones is 1. The Labute approximate surface area is 106 Å². The Hall–Kier alpha value is -2.29. The van der Waals surface area contributed by atoms with Crippen molar-refractivity contribution in [3.8, 4) is 11.5 Å². The lowest BCUT2D eigenvalue weighted by Gasteiger charge is -2.09. The zero-order valence-electron chi connectivity index (χ0n) is 10.3. The fourth-order valence-corrected chi connectivity index (χ4v) is 1.73. The van der Waals surface area contributed by atoms with Crippen LogP contribution in [0.25, 0.3) is 0 Å². The second-order valence-corrected chi connectivity index (χ2v) is 3.76. The van der Waals surface area contributed by atoms with Crippen LogP contribution in [0, 0.1) is 0 Å². The smallest absolute Gasteiger partial charge is 0.196 e. The molecule has 0 unspecified atom stereocenters. The van der Waals surface area contributed by atoms with E-state index < -0.39 is 0 Å².